The molecule has 1 aliphatic carbocycles. The largest absolute Gasteiger partial charge is 0.415 e. The molecule has 0 bridgehead atoms. The number of carbonyl (C=O) groups is 1. The van der Waals surface area contributed by atoms with Gasteiger partial charge in [0, 0.05) is 24.7 Å². The number of benzene rings is 1. The smallest absolute Gasteiger partial charge is 0.410 e. The maximum absolute atomic E-state index is 12.6. The number of carbonyl (C=O) groups excluding carboxylic acids is 1. The van der Waals surface area contributed by atoms with E-state index in [0.29, 0.717) is 6.54 Å². The molecule has 0 aliphatic heterocycles. The number of nitro groups is 1. The Labute approximate surface area is 147 Å². The van der Waals surface area contributed by atoms with Gasteiger partial charge in [-0.15, -0.1) is 0 Å². The lowest BCUT2D eigenvalue weighted by Gasteiger charge is -2.31. The highest BCUT2D eigenvalue weighted by atomic mass is 16.6. The molecule has 0 N–H and O–H groups in total. The second-order valence-electron chi connectivity index (χ2n) is 6.22. The Hall–Kier alpha value is -2.62. The minimum atomic E-state index is -0.501. The Morgan fingerprint density at radius 3 is 2.36 bits per heavy atom. The number of non-ortho nitro benzene ring substituents is 1. The van der Waals surface area contributed by atoms with Gasteiger partial charge in [0.2, 0.25) is 0 Å². The highest BCUT2D eigenvalue weighted by Gasteiger charge is 2.25. The molecule has 7 heteroatoms. The number of hydrogen-bond acceptors (Lipinski definition) is 5. The Bertz CT molecular complexity index is 616. The summed E-state index contributed by atoms with van der Waals surface area (Å²) in [5.74, 6) is 0.267. The number of nitro benzene ring substituents is 1. The van der Waals surface area contributed by atoms with Crippen LogP contribution in [0.3, 0.4) is 0 Å². The van der Waals surface area contributed by atoms with Gasteiger partial charge in [0.15, 0.2) is 0 Å². The summed E-state index contributed by atoms with van der Waals surface area (Å²) in [6.07, 6.45) is 7.30. The Balaban J connectivity index is 2.05. The van der Waals surface area contributed by atoms with E-state index in [1.54, 1.807) is 4.90 Å². The van der Waals surface area contributed by atoms with Crippen LogP contribution in [0, 0.1) is 21.4 Å². The molecule has 1 aliphatic rings. The van der Waals surface area contributed by atoms with Crippen LogP contribution < -0.4 is 4.74 Å². The molecule has 0 unspecified atom stereocenters. The zero-order chi connectivity index (χ0) is 18.1. The van der Waals surface area contributed by atoms with E-state index < -0.39 is 11.0 Å². The molecule has 2 rings (SSSR count). The average molecular weight is 345 g/mol. The number of ether oxygens (including phenoxy) is 1. The topological polar surface area (TPSA) is 96.5 Å². The third kappa shape index (κ3) is 5.75. The highest BCUT2D eigenvalue weighted by molar-refractivity contribution is 5.71. The van der Waals surface area contributed by atoms with Crippen LogP contribution in [0.5, 0.6) is 5.75 Å². The van der Waals surface area contributed by atoms with Crippen molar-refractivity contribution < 1.29 is 14.5 Å². The Morgan fingerprint density at radius 2 is 1.80 bits per heavy atom. The van der Waals surface area contributed by atoms with Gasteiger partial charge in [-0.05, 0) is 25.0 Å². The Morgan fingerprint density at radius 1 is 1.20 bits per heavy atom. The molecule has 1 aromatic rings. The predicted octanol–water partition coefficient (Wildman–Crippen LogP) is 4.42. The standard InChI is InChI=1S/C18H23N3O4/c19-13-6-14-20(15-7-4-2-1-3-5-8-15)18(22)25-17-11-9-16(10-12-17)21(23)24/h9-12,15H,1-8,14H2. The Kier molecular flexibility index (Phi) is 7.20. The van der Waals surface area contributed by atoms with Gasteiger partial charge in [-0.25, -0.2) is 4.79 Å². The molecule has 0 heterocycles. The zero-order valence-electron chi connectivity index (χ0n) is 14.2. The normalized spacial score (nSPS) is 15.5. The molecule has 0 aromatic heterocycles. The molecule has 134 valence electrons. The van der Waals surface area contributed by atoms with Crippen LogP contribution in [-0.4, -0.2) is 28.5 Å². The number of nitriles is 1. The second-order valence-corrected chi connectivity index (χ2v) is 6.22. The summed E-state index contributed by atoms with van der Waals surface area (Å²) in [5, 5.41) is 19.6. The number of amides is 1. The quantitative estimate of drug-likeness (QED) is 0.581. The summed E-state index contributed by atoms with van der Waals surface area (Å²) >= 11 is 0. The van der Waals surface area contributed by atoms with Crippen molar-refractivity contribution in [1.29, 1.82) is 5.26 Å². The third-order valence-corrected chi connectivity index (χ3v) is 4.47. The van der Waals surface area contributed by atoms with Crippen molar-refractivity contribution in [3.8, 4) is 11.8 Å². The fraction of sp³-hybridized carbons (Fsp3) is 0.556. The molecule has 1 amide bonds. The fourth-order valence-electron chi connectivity index (χ4n) is 3.13. The molecule has 0 spiro atoms. The van der Waals surface area contributed by atoms with Crippen LogP contribution in [0.25, 0.3) is 0 Å². The van der Waals surface area contributed by atoms with Gasteiger partial charge in [0.1, 0.15) is 5.75 Å². The molecular formula is C18H23N3O4. The lowest BCUT2D eigenvalue weighted by molar-refractivity contribution is -0.384. The van der Waals surface area contributed by atoms with Gasteiger partial charge in [-0.2, -0.15) is 5.26 Å². The van der Waals surface area contributed by atoms with E-state index in [0.717, 1.165) is 25.7 Å². The van der Waals surface area contributed by atoms with Gasteiger partial charge >= 0.3 is 6.09 Å². The van der Waals surface area contributed by atoms with E-state index in [2.05, 4.69) is 6.07 Å². The molecule has 0 saturated heterocycles. The summed E-state index contributed by atoms with van der Waals surface area (Å²) in [7, 11) is 0. The van der Waals surface area contributed by atoms with Crippen LogP contribution in [0.1, 0.15) is 51.4 Å². The number of hydrogen-bond donors (Lipinski definition) is 0. The monoisotopic (exact) mass is 345 g/mol. The first-order valence-electron chi connectivity index (χ1n) is 8.71. The predicted molar refractivity (Wildman–Crippen MR) is 92.2 cm³/mol. The lowest BCUT2D eigenvalue weighted by atomic mass is 9.95. The maximum atomic E-state index is 12.6. The van der Waals surface area contributed by atoms with Crippen LogP contribution >= 0.6 is 0 Å². The fourth-order valence-corrected chi connectivity index (χ4v) is 3.13. The molecule has 1 aromatic carbocycles. The van der Waals surface area contributed by atoms with E-state index >= 15 is 0 Å². The van der Waals surface area contributed by atoms with E-state index in [1.165, 1.54) is 43.5 Å². The van der Waals surface area contributed by atoms with Crippen molar-refractivity contribution in [3.05, 3.63) is 34.4 Å². The van der Waals surface area contributed by atoms with E-state index in [4.69, 9.17) is 10.00 Å². The van der Waals surface area contributed by atoms with Crippen molar-refractivity contribution in [2.75, 3.05) is 6.54 Å². The molecule has 0 radical (unpaired) electrons. The van der Waals surface area contributed by atoms with E-state index in [-0.39, 0.29) is 23.9 Å². The highest BCUT2D eigenvalue weighted by Crippen LogP contribution is 2.24. The summed E-state index contributed by atoms with van der Waals surface area (Å²) in [5.41, 5.74) is -0.0545. The maximum Gasteiger partial charge on any atom is 0.415 e. The van der Waals surface area contributed by atoms with E-state index in [9.17, 15) is 14.9 Å². The first kappa shape index (κ1) is 18.7. The van der Waals surface area contributed by atoms with Crippen molar-refractivity contribution in [2.45, 2.75) is 57.4 Å². The van der Waals surface area contributed by atoms with Gasteiger partial charge in [0.25, 0.3) is 5.69 Å². The molecule has 25 heavy (non-hydrogen) atoms. The summed E-state index contributed by atoms with van der Waals surface area (Å²) in [6.45, 7) is 0.340. The molecule has 0 atom stereocenters. The third-order valence-electron chi connectivity index (χ3n) is 4.47. The lowest BCUT2D eigenvalue weighted by Crippen LogP contribution is -2.43. The van der Waals surface area contributed by atoms with Gasteiger partial charge in [0.05, 0.1) is 17.4 Å². The first-order valence-corrected chi connectivity index (χ1v) is 8.71. The molecular weight excluding hydrogens is 322 g/mol. The van der Waals surface area contributed by atoms with Crippen LogP contribution in [0.2, 0.25) is 0 Å². The van der Waals surface area contributed by atoms with Crippen LogP contribution in [0.4, 0.5) is 10.5 Å². The van der Waals surface area contributed by atoms with Gasteiger partial charge in [-0.3, -0.25) is 10.1 Å². The van der Waals surface area contributed by atoms with Crippen molar-refractivity contribution in [1.82, 2.24) is 4.90 Å². The molecule has 1 fully saturated rings. The molecule has 1 saturated carbocycles. The van der Waals surface area contributed by atoms with Crippen molar-refractivity contribution in [3.63, 3.8) is 0 Å². The molecule has 7 nitrogen and oxygen atoms in total. The minimum Gasteiger partial charge on any atom is -0.410 e. The minimum absolute atomic E-state index is 0.0545. The SMILES string of the molecule is N#CCCN(C(=O)Oc1ccc([N+](=O)[O-])cc1)C1CCCCCCC1. The van der Waals surface area contributed by atoms with Crippen molar-refractivity contribution in [2.24, 2.45) is 0 Å². The average Bonchev–Trinajstić information content (AvgIpc) is 2.57. The summed E-state index contributed by atoms with van der Waals surface area (Å²) in [6, 6.07) is 7.60. The van der Waals surface area contributed by atoms with Crippen molar-refractivity contribution >= 4 is 11.8 Å². The van der Waals surface area contributed by atoms with Gasteiger partial charge in [-0.1, -0.05) is 32.1 Å². The van der Waals surface area contributed by atoms with Crippen LogP contribution in [0.15, 0.2) is 24.3 Å². The van der Waals surface area contributed by atoms with E-state index in [1.807, 2.05) is 0 Å². The summed E-state index contributed by atoms with van der Waals surface area (Å²) < 4.78 is 5.39. The zero-order valence-corrected chi connectivity index (χ0v) is 14.2. The first-order chi connectivity index (χ1) is 12.1. The number of rotatable bonds is 5. The summed E-state index contributed by atoms with van der Waals surface area (Å²) in [4.78, 5) is 24.4. The van der Waals surface area contributed by atoms with Gasteiger partial charge < -0.3 is 9.64 Å². The number of nitrogens with zero attached hydrogens (tertiary/aromatic N) is 3. The van der Waals surface area contributed by atoms with Crippen LogP contribution in [-0.2, 0) is 0 Å². The second kappa shape index (κ2) is 9.62.